The molecule has 23 heavy (non-hydrogen) atoms. The van der Waals surface area contributed by atoms with Crippen molar-refractivity contribution in [1.29, 1.82) is 0 Å². The Morgan fingerprint density at radius 3 is 2.48 bits per heavy atom. The normalized spacial score (nSPS) is 14.8. The van der Waals surface area contributed by atoms with E-state index >= 15 is 0 Å². The number of nitrogens with zero attached hydrogens (tertiary/aromatic N) is 3. The number of anilines is 1. The second-order valence-electron chi connectivity index (χ2n) is 5.13. The number of rotatable bonds is 3. The van der Waals surface area contributed by atoms with Gasteiger partial charge in [-0.05, 0) is 12.1 Å². The molecule has 3 rings (SSSR count). The molecule has 2 heterocycles. The van der Waals surface area contributed by atoms with Crippen molar-refractivity contribution in [2.45, 2.75) is 0 Å². The van der Waals surface area contributed by atoms with E-state index in [2.05, 4.69) is 4.98 Å². The molecule has 6 nitrogen and oxygen atoms in total. The number of para-hydroxylation sites is 1. The molecule has 0 unspecified atom stereocenters. The number of primary amides is 1. The van der Waals surface area contributed by atoms with Crippen LogP contribution in [0.3, 0.4) is 0 Å². The van der Waals surface area contributed by atoms with Gasteiger partial charge in [0.25, 0.3) is 11.8 Å². The van der Waals surface area contributed by atoms with Gasteiger partial charge in [-0.1, -0.05) is 12.1 Å². The van der Waals surface area contributed by atoms with Crippen LogP contribution in [0.4, 0.5) is 10.1 Å². The van der Waals surface area contributed by atoms with Gasteiger partial charge in [0.05, 0.1) is 5.69 Å². The van der Waals surface area contributed by atoms with Crippen LogP contribution in [0.2, 0.25) is 0 Å². The number of piperazine rings is 1. The zero-order valence-corrected chi connectivity index (χ0v) is 13.1. The number of aromatic nitrogens is 1. The summed E-state index contributed by atoms with van der Waals surface area (Å²) in [6, 6.07) is 6.59. The Morgan fingerprint density at radius 1 is 1.17 bits per heavy atom. The second kappa shape index (κ2) is 6.33. The monoisotopic (exact) mass is 334 g/mol. The first-order chi connectivity index (χ1) is 11.1. The Hall–Kier alpha value is -2.48. The van der Waals surface area contributed by atoms with Gasteiger partial charge in [0, 0.05) is 31.6 Å². The van der Waals surface area contributed by atoms with Crippen LogP contribution in [-0.2, 0) is 0 Å². The van der Waals surface area contributed by atoms with Crippen LogP contribution in [0, 0.1) is 5.82 Å². The predicted molar refractivity (Wildman–Crippen MR) is 85.1 cm³/mol. The molecule has 8 heteroatoms. The summed E-state index contributed by atoms with van der Waals surface area (Å²) >= 11 is 1.06. The maximum absolute atomic E-state index is 13.8. The third-order valence-electron chi connectivity index (χ3n) is 3.69. The summed E-state index contributed by atoms with van der Waals surface area (Å²) in [5.74, 6) is -1.14. The minimum Gasteiger partial charge on any atom is -0.366 e. The summed E-state index contributed by atoms with van der Waals surface area (Å²) in [5, 5.41) is 1.66. The first-order valence-corrected chi connectivity index (χ1v) is 7.98. The molecule has 1 aromatic carbocycles. The molecule has 120 valence electrons. The molecule has 0 atom stereocenters. The van der Waals surface area contributed by atoms with E-state index in [0.29, 0.717) is 31.9 Å². The standard InChI is InChI=1S/C15H15FN4O2S/c16-10-3-1-2-4-12(10)19-5-7-20(8-6-19)15(22)11-9-23-14(18-11)13(17)21/h1-4,9H,5-8H2,(H2,17,21). The minimum absolute atomic E-state index is 0.123. The fourth-order valence-corrected chi connectivity index (χ4v) is 3.15. The van der Waals surface area contributed by atoms with E-state index in [1.54, 1.807) is 23.1 Å². The average Bonchev–Trinajstić information content (AvgIpc) is 3.05. The van der Waals surface area contributed by atoms with E-state index in [0.717, 1.165) is 11.3 Å². The maximum Gasteiger partial charge on any atom is 0.277 e. The van der Waals surface area contributed by atoms with Crippen LogP contribution in [0.15, 0.2) is 29.6 Å². The molecule has 2 amide bonds. The van der Waals surface area contributed by atoms with Gasteiger partial charge in [0.2, 0.25) is 0 Å². The van der Waals surface area contributed by atoms with E-state index < -0.39 is 5.91 Å². The van der Waals surface area contributed by atoms with E-state index in [1.807, 2.05) is 4.90 Å². The lowest BCUT2D eigenvalue weighted by molar-refractivity contribution is 0.0741. The lowest BCUT2D eigenvalue weighted by Crippen LogP contribution is -2.49. The van der Waals surface area contributed by atoms with Crippen molar-refractivity contribution in [2.75, 3.05) is 31.1 Å². The van der Waals surface area contributed by atoms with Crippen LogP contribution in [0.25, 0.3) is 0 Å². The van der Waals surface area contributed by atoms with Crippen LogP contribution < -0.4 is 10.6 Å². The van der Waals surface area contributed by atoms with E-state index in [9.17, 15) is 14.0 Å². The van der Waals surface area contributed by atoms with Crippen molar-refractivity contribution in [3.05, 3.63) is 46.2 Å². The fraction of sp³-hybridized carbons (Fsp3) is 0.267. The van der Waals surface area contributed by atoms with Crippen molar-refractivity contribution in [1.82, 2.24) is 9.88 Å². The van der Waals surface area contributed by atoms with Crippen LogP contribution in [0.5, 0.6) is 0 Å². The van der Waals surface area contributed by atoms with Crippen molar-refractivity contribution >= 4 is 28.8 Å². The van der Waals surface area contributed by atoms with Crippen molar-refractivity contribution < 1.29 is 14.0 Å². The van der Waals surface area contributed by atoms with Crippen molar-refractivity contribution in [3.8, 4) is 0 Å². The zero-order valence-electron chi connectivity index (χ0n) is 12.2. The Bertz CT molecular complexity index is 741. The Kier molecular flexibility index (Phi) is 4.24. The Morgan fingerprint density at radius 2 is 1.87 bits per heavy atom. The molecule has 1 aliphatic heterocycles. The molecular formula is C15H15FN4O2S. The summed E-state index contributed by atoms with van der Waals surface area (Å²) in [6.45, 7) is 2.02. The molecule has 1 aromatic heterocycles. The smallest absolute Gasteiger partial charge is 0.277 e. The second-order valence-corrected chi connectivity index (χ2v) is 5.99. The first kappa shape index (κ1) is 15.4. The highest BCUT2D eigenvalue weighted by atomic mass is 32.1. The van der Waals surface area contributed by atoms with Crippen molar-refractivity contribution in [3.63, 3.8) is 0 Å². The lowest BCUT2D eigenvalue weighted by Gasteiger charge is -2.35. The number of nitrogens with two attached hydrogens (primary N) is 1. The molecule has 0 bridgehead atoms. The van der Waals surface area contributed by atoms with E-state index in [-0.39, 0.29) is 22.4 Å². The third kappa shape index (κ3) is 3.16. The maximum atomic E-state index is 13.8. The molecule has 0 spiro atoms. The summed E-state index contributed by atoms with van der Waals surface area (Å²) in [5.41, 5.74) is 5.92. The SMILES string of the molecule is NC(=O)c1nc(C(=O)N2CCN(c3ccccc3F)CC2)cs1. The molecule has 2 N–H and O–H groups in total. The number of amides is 2. The van der Waals surface area contributed by atoms with Gasteiger partial charge in [-0.2, -0.15) is 0 Å². The summed E-state index contributed by atoms with van der Waals surface area (Å²) in [4.78, 5) is 30.9. The van der Waals surface area contributed by atoms with Crippen molar-refractivity contribution in [2.24, 2.45) is 5.73 Å². The van der Waals surface area contributed by atoms with Crippen LogP contribution in [-0.4, -0.2) is 47.9 Å². The average molecular weight is 334 g/mol. The Labute approximate surface area is 136 Å². The molecule has 1 aliphatic rings. The number of carbonyl (C=O) groups is 2. The molecule has 0 saturated carbocycles. The topological polar surface area (TPSA) is 79.5 Å². The van der Waals surface area contributed by atoms with Gasteiger partial charge in [0.15, 0.2) is 5.01 Å². The number of hydrogen-bond acceptors (Lipinski definition) is 5. The quantitative estimate of drug-likeness (QED) is 0.919. The molecule has 0 aliphatic carbocycles. The molecule has 1 saturated heterocycles. The largest absolute Gasteiger partial charge is 0.366 e. The summed E-state index contributed by atoms with van der Waals surface area (Å²) < 4.78 is 13.8. The third-order valence-corrected chi connectivity index (χ3v) is 4.55. The minimum atomic E-state index is -0.640. The number of hydrogen-bond donors (Lipinski definition) is 1. The molecule has 0 radical (unpaired) electrons. The number of benzene rings is 1. The van der Waals surface area contributed by atoms with Gasteiger partial charge in [-0.3, -0.25) is 9.59 Å². The van der Waals surface area contributed by atoms with Gasteiger partial charge >= 0.3 is 0 Å². The molecular weight excluding hydrogens is 319 g/mol. The van der Waals surface area contributed by atoms with E-state index in [1.165, 1.54) is 11.4 Å². The van der Waals surface area contributed by atoms with Crippen LogP contribution in [0.1, 0.15) is 20.3 Å². The predicted octanol–water partition coefficient (Wildman–Crippen LogP) is 1.34. The molecule has 1 fully saturated rings. The Balaban J connectivity index is 1.65. The highest BCUT2D eigenvalue weighted by Crippen LogP contribution is 2.21. The number of thiazole rings is 1. The highest BCUT2D eigenvalue weighted by Gasteiger charge is 2.25. The highest BCUT2D eigenvalue weighted by molar-refractivity contribution is 7.11. The van der Waals surface area contributed by atoms with Gasteiger partial charge in [0.1, 0.15) is 11.5 Å². The summed E-state index contributed by atoms with van der Waals surface area (Å²) in [7, 11) is 0. The number of halogens is 1. The van der Waals surface area contributed by atoms with Gasteiger partial charge in [-0.15, -0.1) is 11.3 Å². The first-order valence-electron chi connectivity index (χ1n) is 7.10. The number of carbonyl (C=O) groups excluding carboxylic acids is 2. The zero-order chi connectivity index (χ0) is 16.4. The fourth-order valence-electron chi connectivity index (χ4n) is 2.51. The molecule has 2 aromatic rings. The summed E-state index contributed by atoms with van der Waals surface area (Å²) in [6.07, 6.45) is 0. The van der Waals surface area contributed by atoms with Crippen LogP contribution >= 0.6 is 11.3 Å². The van der Waals surface area contributed by atoms with Gasteiger partial charge in [-0.25, -0.2) is 9.37 Å². The van der Waals surface area contributed by atoms with E-state index in [4.69, 9.17) is 5.73 Å². The van der Waals surface area contributed by atoms with Gasteiger partial charge < -0.3 is 15.5 Å². The lowest BCUT2D eigenvalue weighted by atomic mass is 10.2.